The van der Waals surface area contributed by atoms with Gasteiger partial charge in [0.25, 0.3) is 0 Å². The fourth-order valence-corrected chi connectivity index (χ4v) is 1.24. The van der Waals surface area contributed by atoms with E-state index in [2.05, 4.69) is 33.0 Å². The summed E-state index contributed by atoms with van der Waals surface area (Å²) in [6.45, 7) is 9.95. The van der Waals surface area contributed by atoms with Gasteiger partial charge in [-0.05, 0) is 37.4 Å². The molecule has 0 radical (unpaired) electrons. The van der Waals surface area contributed by atoms with Crippen molar-refractivity contribution < 1.29 is 4.42 Å². The van der Waals surface area contributed by atoms with E-state index in [1.165, 1.54) is 0 Å². The molecule has 80 valence electrons. The number of furan rings is 1. The lowest BCUT2D eigenvalue weighted by atomic mass is 9.98. The molecule has 1 aromatic rings. The lowest BCUT2D eigenvalue weighted by Gasteiger charge is -2.18. The van der Waals surface area contributed by atoms with Crippen LogP contribution in [-0.2, 0) is 0 Å². The molecule has 1 heterocycles. The number of nitrogens with one attached hydrogen (secondary N) is 1. The quantitative estimate of drug-likeness (QED) is 0.780. The molecule has 2 heteroatoms. The van der Waals surface area contributed by atoms with Gasteiger partial charge < -0.3 is 9.73 Å². The molecule has 0 saturated heterocycles. The summed E-state index contributed by atoms with van der Waals surface area (Å²) in [6.07, 6.45) is 1.72. The maximum atomic E-state index is 5.33. The fraction of sp³-hybridized carbons (Fsp3) is 0.667. The summed E-state index contributed by atoms with van der Waals surface area (Å²) in [7, 11) is 0. The van der Waals surface area contributed by atoms with E-state index in [-0.39, 0.29) is 0 Å². The average molecular weight is 195 g/mol. The van der Waals surface area contributed by atoms with E-state index in [1.807, 2.05) is 12.1 Å². The highest BCUT2D eigenvalue weighted by molar-refractivity contribution is 5.02. The third kappa shape index (κ3) is 3.18. The van der Waals surface area contributed by atoms with E-state index in [1.54, 1.807) is 6.26 Å². The first-order chi connectivity index (χ1) is 6.61. The highest BCUT2D eigenvalue weighted by Crippen LogP contribution is 2.14. The van der Waals surface area contributed by atoms with Crippen LogP contribution in [0.15, 0.2) is 22.8 Å². The van der Waals surface area contributed by atoms with Crippen molar-refractivity contribution in [3.63, 3.8) is 0 Å². The van der Waals surface area contributed by atoms with Crippen LogP contribution in [0.4, 0.5) is 0 Å². The van der Waals surface area contributed by atoms with Crippen molar-refractivity contribution in [3.8, 4) is 0 Å². The second kappa shape index (κ2) is 5.20. The van der Waals surface area contributed by atoms with E-state index >= 15 is 0 Å². The van der Waals surface area contributed by atoms with Crippen LogP contribution in [0.25, 0.3) is 0 Å². The monoisotopic (exact) mass is 195 g/mol. The topological polar surface area (TPSA) is 25.2 Å². The summed E-state index contributed by atoms with van der Waals surface area (Å²) in [5, 5.41) is 3.47. The first-order valence-corrected chi connectivity index (χ1v) is 5.38. The predicted molar refractivity (Wildman–Crippen MR) is 59.1 cm³/mol. The molecular formula is C12H21NO. The molecular weight excluding hydrogens is 174 g/mol. The van der Waals surface area contributed by atoms with E-state index in [4.69, 9.17) is 4.42 Å². The van der Waals surface area contributed by atoms with Crippen LogP contribution < -0.4 is 5.32 Å². The highest BCUT2D eigenvalue weighted by Gasteiger charge is 2.11. The minimum absolute atomic E-state index is 0.311. The van der Waals surface area contributed by atoms with E-state index in [9.17, 15) is 0 Å². The zero-order valence-electron chi connectivity index (χ0n) is 9.58. The van der Waals surface area contributed by atoms with Gasteiger partial charge in [0.2, 0.25) is 0 Å². The molecule has 1 N–H and O–H groups in total. The number of hydrogen-bond acceptors (Lipinski definition) is 2. The van der Waals surface area contributed by atoms with Crippen LogP contribution in [0.3, 0.4) is 0 Å². The van der Waals surface area contributed by atoms with Crippen LogP contribution in [0.2, 0.25) is 0 Å². The largest absolute Gasteiger partial charge is 0.468 e. The lowest BCUT2D eigenvalue weighted by molar-refractivity contribution is 0.354. The third-order valence-electron chi connectivity index (χ3n) is 2.85. The Labute approximate surface area is 86.7 Å². The Bertz CT molecular complexity index is 241. The highest BCUT2D eigenvalue weighted by atomic mass is 16.3. The number of hydrogen-bond donors (Lipinski definition) is 1. The zero-order chi connectivity index (χ0) is 10.6. The molecule has 2 unspecified atom stereocenters. The third-order valence-corrected chi connectivity index (χ3v) is 2.85. The Balaban J connectivity index is 2.32. The predicted octanol–water partition coefficient (Wildman–Crippen LogP) is 3.22. The standard InChI is InChI=1S/C12H21NO/c1-9(2)10(3)8-13-11(4)12-6-5-7-14-12/h5-7,9-11,13H,8H2,1-4H3. The van der Waals surface area contributed by atoms with E-state index < -0.39 is 0 Å². The smallest absolute Gasteiger partial charge is 0.120 e. The molecule has 1 aromatic heterocycles. The summed E-state index contributed by atoms with van der Waals surface area (Å²) < 4.78 is 5.33. The minimum atomic E-state index is 0.311. The van der Waals surface area contributed by atoms with Crippen LogP contribution in [0.5, 0.6) is 0 Å². The Kier molecular flexibility index (Phi) is 4.21. The van der Waals surface area contributed by atoms with Gasteiger partial charge in [-0.25, -0.2) is 0 Å². The van der Waals surface area contributed by atoms with Gasteiger partial charge in [0.05, 0.1) is 12.3 Å². The van der Waals surface area contributed by atoms with Crippen molar-refractivity contribution in [2.75, 3.05) is 6.54 Å². The minimum Gasteiger partial charge on any atom is -0.468 e. The van der Waals surface area contributed by atoms with Crippen molar-refractivity contribution in [1.29, 1.82) is 0 Å². The van der Waals surface area contributed by atoms with Crippen molar-refractivity contribution in [2.24, 2.45) is 11.8 Å². The van der Waals surface area contributed by atoms with Crippen molar-refractivity contribution >= 4 is 0 Å². The van der Waals surface area contributed by atoms with Crippen LogP contribution in [-0.4, -0.2) is 6.54 Å². The number of rotatable bonds is 5. The van der Waals surface area contributed by atoms with Gasteiger partial charge >= 0.3 is 0 Å². The van der Waals surface area contributed by atoms with Gasteiger partial charge in [-0.3, -0.25) is 0 Å². The van der Waals surface area contributed by atoms with Gasteiger partial charge in [-0.15, -0.1) is 0 Å². The van der Waals surface area contributed by atoms with Crippen LogP contribution in [0, 0.1) is 11.8 Å². The second-order valence-corrected chi connectivity index (χ2v) is 4.37. The molecule has 0 aliphatic heterocycles. The Morgan fingerprint density at radius 1 is 1.29 bits per heavy atom. The molecule has 0 aromatic carbocycles. The molecule has 14 heavy (non-hydrogen) atoms. The molecule has 2 nitrogen and oxygen atoms in total. The molecule has 0 aliphatic carbocycles. The maximum Gasteiger partial charge on any atom is 0.120 e. The maximum absolute atomic E-state index is 5.33. The van der Waals surface area contributed by atoms with Gasteiger partial charge in [-0.2, -0.15) is 0 Å². The zero-order valence-corrected chi connectivity index (χ0v) is 9.58. The molecule has 0 spiro atoms. The fourth-order valence-electron chi connectivity index (χ4n) is 1.24. The molecule has 0 bridgehead atoms. The first-order valence-electron chi connectivity index (χ1n) is 5.38. The van der Waals surface area contributed by atoms with Crippen molar-refractivity contribution in [1.82, 2.24) is 5.32 Å². The van der Waals surface area contributed by atoms with Gasteiger partial charge in [0.1, 0.15) is 5.76 Å². The molecule has 0 amide bonds. The van der Waals surface area contributed by atoms with Gasteiger partial charge in [0, 0.05) is 0 Å². The Morgan fingerprint density at radius 3 is 2.50 bits per heavy atom. The van der Waals surface area contributed by atoms with Crippen LogP contribution in [0.1, 0.15) is 39.5 Å². The summed E-state index contributed by atoms with van der Waals surface area (Å²) in [5.74, 6) is 2.44. The average Bonchev–Trinajstić information content (AvgIpc) is 2.66. The van der Waals surface area contributed by atoms with Crippen LogP contribution >= 0.6 is 0 Å². The van der Waals surface area contributed by atoms with Gasteiger partial charge in [-0.1, -0.05) is 20.8 Å². The Morgan fingerprint density at radius 2 is 2.00 bits per heavy atom. The molecule has 1 rings (SSSR count). The van der Waals surface area contributed by atoms with Crippen molar-refractivity contribution in [3.05, 3.63) is 24.2 Å². The van der Waals surface area contributed by atoms with Crippen molar-refractivity contribution in [2.45, 2.75) is 33.7 Å². The molecule has 0 saturated carbocycles. The Hall–Kier alpha value is -0.760. The summed E-state index contributed by atoms with van der Waals surface area (Å²) in [4.78, 5) is 0. The molecule has 2 atom stereocenters. The molecule has 0 fully saturated rings. The molecule has 0 aliphatic rings. The second-order valence-electron chi connectivity index (χ2n) is 4.37. The first kappa shape index (κ1) is 11.3. The summed E-state index contributed by atoms with van der Waals surface area (Å²) in [5.41, 5.74) is 0. The summed E-state index contributed by atoms with van der Waals surface area (Å²) >= 11 is 0. The van der Waals surface area contributed by atoms with E-state index in [0.29, 0.717) is 12.0 Å². The normalized spacial score (nSPS) is 15.8. The summed E-state index contributed by atoms with van der Waals surface area (Å²) in [6, 6.07) is 4.25. The lowest BCUT2D eigenvalue weighted by Crippen LogP contribution is -2.26. The van der Waals surface area contributed by atoms with E-state index in [0.717, 1.165) is 18.2 Å². The SMILES string of the molecule is CC(NCC(C)C(C)C)c1ccco1. The van der Waals surface area contributed by atoms with Gasteiger partial charge in [0.15, 0.2) is 0 Å².